The van der Waals surface area contributed by atoms with Crippen LogP contribution in [0.5, 0.6) is 11.5 Å². The quantitative estimate of drug-likeness (QED) is 0.923. The van der Waals surface area contributed by atoms with Gasteiger partial charge in [0.25, 0.3) is 0 Å². The number of hydrogen-bond donors (Lipinski definition) is 1. The van der Waals surface area contributed by atoms with Gasteiger partial charge in [-0.3, -0.25) is 0 Å². The van der Waals surface area contributed by atoms with E-state index in [1.165, 1.54) is 0 Å². The Morgan fingerprint density at radius 3 is 2.32 bits per heavy atom. The molecule has 0 atom stereocenters. The van der Waals surface area contributed by atoms with Gasteiger partial charge in [-0.25, -0.2) is 8.78 Å². The molecule has 0 aliphatic heterocycles. The average Bonchev–Trinajstić information content (AvgIpc) is 2.32. The molecule has 2 aromatic carbocycles. The van der Waals surface area contributed by atoms with E-state index in [-0.39, 0.29) is 5.75 Å². The molecule has 19 heavy (non-hydrogen) atoms. The summed E-state index contributed by atoms with van der Waals surface area (Å²) in [6.45, 7) is 0.519. The molecule has 100 valence electrons. The van der Waals surface area contributed by atoms with E-state index in [1.54, 1.807) is 12.1 Å². The van der Waals surface area contributed by atoms with E-state index in [0.717, 1.165) is 23.8 Å². The second-order valence-corrected chi connectivity index (χ2v) is 4.42. The number of hydrogen-bond acceptors (Lipinski definition) is 2. The smallest absolute Gasteiger partial charge is 0.146 e. The highest BCUT2D eigenvalue weighted by atomic mass is 35.5. The van der Waals surface area contributed by atoms with Gasteiger partial charge in [0, 0.05) is 18.2 Å². The summed E-state index contributed by atoms with van der Waals surface area (Å²) in [5, 5.41) is 0.371. The van der Waals surface area contributed by atoms with E-state index < -0.39 is 11.6 Å². The monoisotopic (exact) mass is 283 g/mol. The fourth-order valence-corrected chi connectivity index (χ4v) is 1.91. The lowest BCUT2D eigenvalue weighted by molar-refractivity contribution is 0.468. The Kier molecular flexibility index (Phi) is 4.35. The second kappa shape index (κ2) is 5.99. The molecule has 0 aliphatic carbocycles. The maximum absolute atomic E-state index is 13.0. The Labute approximate surface area is 114 Å². The van der Waals surface area contributed by atoms with Crippen molar-refractivity contribution < 1.29 is 13.5 Å². The van der Waals surface area contributed by atoms with E-state index in [0.29, 0.717) is 23.7 Å². The Bertz CT molecular complexity index is 569. The van der Waals surface area contributed by atoms with Crippen molar-refractivity contribution in [1.29, 1.82) is 0 Å². The molecule has 0 saturated heterocycles. The molecule has 0 spiro atoms. The molecular weight excluding hydrogens is 272 g/mol. The average molecular weight is 284 g/mol. The summed E-state index contributed by atoms with van der Waals surface area (Å²) in [5.74, 6) is -1.00. The van der Waals surface area contributed by atoms with E-state index >= 15 is 0 Å². The molecule has 0 saturated carbocycles. The molecule has 0 aliphatic rings. The number of ether oxygens (including phenoxy) is 1. The Hall–Kier alpha value is -1.65. The highest BCUT2D eigenvalue weighted by molar-refractivity contribution is 6.32. The van der Waals surface area contributed by atoms with Crippen LogP contribution in [0.15, 0.2) is 36.4 Å². The van der Waals surface area contributed by atoms with Crippen molar-refractivity contribution in [3.05, 3.63) is 58.6 Å². The molecule has 0 aromatic heterocycles. The Morgan fingerprint density at radius 1 is 1.05 bits per heavy atom. The van der Waals surface area contributed by atoms with Crippen LogP contribution >= 0.6 is 11.6 Å². The summed E-state index contributed by atoms with van der Waals surface area (Å²) in [6, 6.07) is 8.14. The molecule has 0 fully saturated rings. The fraction of sp³-hybridized carbons (Fsp3) is 0.143. The van der Waals surface area contributed by atoms with Gasteiger partial charge in [0.1, 0.15) is 23.1 Å². The van der Waals surface area contributed by atoms with Crippen molar-refractivity contribution in [2.45, 2.75) is 6.42 Å². The lowest BCUT2D eigenvalue weighted by atomic mass is 10.1. The number of nitrogens with two attached hydrogens (primary N) is 1. The van der Waals surface area contributed by atoms with E-state index in [1.807, 2.05) is 6.07 Å². The van der Waals surface area contributed by atoms with Crippen molar-refractivity contribution in [3.8, 4) is 11.5 Å². The molecule has 0 unspecified atom stereocenters. The summed E-state index contributed by atoms with van der Waals surface area (Å²) in [4.78, 5) is 0. The molecule has 2 N–H and O–H groups in total. The Morgan fingerprint density at radius 2 is 1.74 bits per heavy atom. The van der Waals surface area contributed by atoms with E-state index in [4.69, 9.17) is 22.1 Å². The van der Waals surface area contributed by atoms with Crippen LogP contribution in [0.3, 0.4) is 0 Å². The van der Waals surface area contributed by atoms with E-state index in [2.05, 4.69) is 0 Å². The molecule has 0 radical (unpaired) electrons. The molecule has 0 heterocycles. The van der Waals surface area contributed by atoms with Crippen molar-refractivity contribution in [2.24, 2.45) is 5.73 Å². The van der Waals surface area contributed by atoms with Crippen molar-refractivity contribution >= 4 is 11.6 Å². The molecule has 0 amide bonds. The predicted octanol–water partition coefficient (Wildman–Crippen LogP) is 3.91. The summed E-state index contributed by atoms with van der Waals surface area (Å²) in [6.07, 6.45) is 0.703. The lowest BCUT2D eigenvalue weighted by Gasteiger charge is -2.09. The summed E-state index contributed by atoms with van der Waals surface area (Å²) >= 11 is 6.04. The third-order valence-electron chi connectivity index (χ3n) is 2.49. The predicted molar refractivity (Wildman–Crippen MR) is 70.6 cm³/mol. The van der Waals surface area contributed by atoms with Crippen LogP contribution in [-0.4, -0.2) is 6.54 Å². The third kappa shape index (κ3) is 3.66. The Balaban J connectivity index is 2.23. The van der Waals surface area contributed by atoms with Crippen LogP contribution in [0.4, 0.5) is 8.78 Å². The van der Waals surface area contributed by atoms with Crippen LogP contribution in [-0.2, 0) is 6.42 Å². The summed E-state index contributed by atoms with van der Waals surface area (Å²) in [7, 11) is 0. The summed E-state index contributed by atoms with van der Waals surface area (Å²) in [5.41, 5.74) is 6.42. The van der Waals surface area contributed by atoms with Crippen molar-refractivity contribution in [2.75, 3.05) is 6.54 Å². The molecule has 2 rings (SSSR count). The van der Waals surface area contributed by atoms with Crippen LogP contribution in [0.2, 0.25) is 5.02 Å². The standard InChI is InChI=1S/C14H12ClF2NO/c15-13-5-9(3-4-18)1-2-14(13)19-12-7-10(16)6-11(17)8-12/h1-2,5-8H,3-4,18H2. The van der Waals surface area contributed by atoms with Crippen LogP contribution in [0.25, 0.3) is 0 Å². The van der Waals surface area contributed by atoms with Crippen LogP contribution in [0.1, 0.15) is 5.56 Å². The first-order valence-electron chi connectivity index (χ1n) is 5.71. The maximum atomic E-state index is 13.0. The zero-order valence-corrected chi connectivity index (χ0v) is 10.8. The first-order valence-corrected chi connectivity index (χ1v) is 6.09. The molecule has 5 heteroatoms. The van der Waals surface area contributed by atoms with Gasteiger partial charge < -0.3 is 10.5 Å². The zero-order chi connectivity index (χ0) is 13.8. The highest BCUT2D eigenvalue weighted by Crippen LogP contribution is 2.30. The van der Waals surface area contributed by atoms with Gasteiger partial charge >= 0.3 is 0 Å². The largest absolute Gasteiger partial charge is 0.456 e. The summed E-state index contributed by atoms with van der Waals surface area (Å²) < 4.78 is 31.4. The minimum Gasteiger partial charge on any atom is -0.456 e. The topological polar surface area (TPSA) is 35.2 Å². The normalized spacial score (nSPS) is 10.5. The molecule has 2 nitrogen and oxygen atoms in total. The zero-order valence-electron chi connectivity index (χ0n) is 10.00. The molecule has 0 bridgehead atoms. The number of halogens is 3. The second-order valence-electron chi connectivity index (χ2n) is 4.01. The maximum Gasteiger partial charge on any atom is 0.146 e. The van der Waals surface area contributed by atoms with Gasteiger partial charge in [0.2, 0.25) is 0 Å². The van der Waals surface area contributed by atoms with Crippen LogP contribution < -0.4 is 10.5 Å². The van der Waals surface area contributed by atoms with Crippen molar-refractivity contribution in [3.63, 3.8) is 0 Å². The third-order valence-corrected chi connectivity index (χ3v) is 2.79. The highest BCUT2D eigenvalue weighted by Gasteiger charge is 2.07. The van der Waals surface area contributed by atoms with Crippen molar-refractivity contribution in [1.82, 2.24) is 0 Å². The van der Waals surface area contributed by atoms with Gasteiger partial charge in [0.15, 0.2) is 0 Å². The van der Waals surface area contributed by atoms with Crippen LogP contribution in [0, 0.1) is 11.6 Å². The van der Waals surface area contributed by atoms with Gasteiger partial charge in [-0.15, -0.1) is 0 Å². The fourth-order valence-electron chi connectivity index (χ4n) is 1.66. The number of rotatable bonds is 4. The minimum atomic E-state index is -0.703. The molecule has 2 aromatic rings. The van der Waals surface area contributed by atoms with Gasteiger partial charge in [-0.1, -0.05) is 17.7 Å². The first-order chi connectivity index (χ1) is 9.08. The van der Waals surface area contributed by atoms with E-state index in [9.17, 15) is 8.78 Å². The minimum absolute atomic E-state index is 0.0611. The molecular formula is C14H12ClF2NO. The number of benzene rings is 2. The van der Waals surface area contributed by atoms with Gasteiger partial charge in [0.05, 0.1) is 5.02 Å². The first kappa shape index (κ1) is 13.8. The SMILES string of the molecule is NCCc1ccc(Oc2cc(F)cc(F)c2)c(Cl)c1. The lowest BCUT2D eigenvalue weighted by Crippen LogP contribution is -2.02. The van der Waals surface area contributed by atoms with Gasteiger partial charge in [-0.05, 0) is 30.7 Å². The van der Waals surface area contributed by atoms with Gasteiger partial charge in [-0.2, -0.15) is 0 Å².